The molecule has 2 rings (SSSR count). The van der Waals surface area contributed by atoms with Crippen LogP contribution in [0.25, 0.3) is 0 Å². The molecule has 0 heterocycles. The fourth-order valence-corrected chi connectivity index (χ4v) is 3.01. The summed E-state index contributed by atoms with van der Waals surface area (Å²) in [4.78, 5) is -3.27. The average molecular weight is 619 g/mol. The SMILES string of the molecule is FS(F)(F)(F)(Cl)c1ccccc1.FS(F)(F)(F)(F)c1ccccc1.[F][Sn]([F])([F])[F]. The van der Waals surface area contributed by atoms with E-state index >= 15 is 0 Å². The van der Waals surface area contributed by atoms with Crippen molar-refractivity contribution in [2.75, 3.05) is 0 Å². The summed E-state index contributed by atoms with van der Waals surface area (Å²) in [7, 11) is -13.9. The zero-order valence-electron chi connectivity index (χ0n) is 13.4. The summed E-state index contributed by atoms with van der Waals surface area (Å²) in [6, 6.07) is 8.54. The van der Waals surface area contributed by atoms with E-state index < -0.39 is 49.7 Å². The average Bonchev–Trinajstić information content (AvgIpc) is 2.43. The predicted molar refractivity (Wildman–Crippen MR) is 90.6 cm³/mol. The second-order valence-corrected chi connectivity index (χ2v) is 14.1. The molecule has 17 heteroatoms. The van der Waals surface area contributed by atoms with Crippen molar-refractivity contribution in [3.8, 4) is 0 Å². The van der Waals surface area contributed by atoms with E-state index in [9.17, 15) is 46.4 Å². The Morgan fingerprint density at radius 1 is 0.517 bits per heavy atom. The third-order valence-corrected chi connectivity index (χ3v) is 5.24. The number of hydrogen-bond acceptors (Lipinski definition) is 0. The van der Waals surface area contributed by atoms with Gasteiger partial charge in [-0.1, -0.05) is 55.8 Å². The first-order valence-electron chi connectivity index (χ1n) is 6.53. The van der Waals surface area contributed by atoms with Crippen molar-refractivity contribution in [1.82, 2.24) is 0 Å². The Kier molecular flexibility index (Phi) is 7.02. The van der Waals surface area contributed by atoms with E-state index in [0.717, 1.165) is 24.3 Å². The molecule has 0 aliphatic heterocycles. The quantitative estimate of drug-likeness (QED) is 0.232. The summed E-state index contributed by atoms with van der Waals surface area (Å²) in [6.45, 7) is 0. The molecule has 0 spiro atoms. The van der Waals surface area contributed by atoms with E-state index in [1.165, 1.54) is 12.1 Å². The van der Waals surface area contributed by atoms with Gasteiger partial charge in [-0.25, -0.2) is 0 Å². The van der Waals surface area contributed by atoms with E-state index in [4.69, 9.17) is 0 Å². The first-order chi connectivity index (χ1) is 12.2. The van der Waals surface area contributed by atoms with Crippen molar-refractivity contribution >= 4 is 50.6 Å². The molecule has 172 valence electrons. The second kappa shape index (κ2) is 7.19. The van der Waals surface area contributed by atoms with Crippen LogP contribution in [0.1, 0.15) is 0 Å². The fourth-order valence-electron chi connectivity index (χ4n) is 1.36. The molecule has 29 heavy (non-hydrogen) atoms. The summed E-state index contributed by atoms with van der Waals surface area (Å²) in [5, 5.41) is 0. The molecule has 0 radical (unpaired) electrons. The standard InChI is InChI=1S/C6H5ClF4S.C6H5F5S.4FH.Sn/c2*7-12(8,9,10,11)6-4-2-1-3-5-6;;;;;/h2*1-5H;4*1H;/q;;;;;;+4/p-4. The molecular weight excluding hydrogens is 609 g/mol. The van der Waals surface area contributed by atoms with Gasteiger partial charge in [0, 0.05) is 10.7 Å². The number of halogens is 14. The molecule has 0 nitrogen and oxygen atoms in total. The summed E-state index contributed by atoms with van der Waals surface area (Å²) >= 11 is -7.18. The van der Waals surface area contributed by atoms with Gasteiger partial charge in [-0.05, 0) is 24.3 Å². The van der Waals surface area contributed by atoms with Crippen LogP contribution >= 0.6 is 30.0 Å². The molecule has 2 aromatic carbocycles. The Morgan fingerprint density at radius 2 is 0.759 bits per heavy atom. The maximum absolute atomic E-state index is 12.4. The van der Waals surface area contributed by atoms with E-state index in [-0.39, 0.29) is 0 Å². The van der Waals surface area contributed by atoms with Crippen molar-refractivity contribution in [3.63, 3.8) is 0 Å². The third kappa shape index (κ3) is 14.0. The van der Waals surface area contributed by atoms with Crippen molar-refractivity contribution < 1.29 is 46.4 Å². The first kappa shape index (κ1) is 28.3. The van der Waals surface area contributed by atoms with E-state index in [0.29, 0.717) is 24.3 Å². The van der Waals surface area contributed by atoms with Gasteiger partial charge in [-0.3, -0.25) is 0 Å². The van der Waals surface area contributed by atoms with E-state index in [1.54, 1.807) is 0 Å². The monoisotopic (exact) mass is 620 g/mol. The van der Waals surface area contributed by atoms with Gasteiger partial charge in [-0.15, -0.1) is 15.5 Å². The van der Waals surface area contributed by atoms with Gasteiger partial charge in [0.15, 0.2) is 0 Å². The Labute approximate surface area is 167 Å². The van der Waals surface area contributed by atoms with Crippen molar-refractivity contribution in [3.05, 3.63) is 60.7 Å². The third-order valence-electron chi connectivity index (χ3n) is 2.38. The number of benzene rings is 2. The Balaban J connectivity index is 0.000000442. The molecule has 0 fully saturated rings. The normalized spacial score (nSPS) is 17.0. The second-order valence-electron chi connectivity index (χ2n) is 4.99. The van der Waals surface area contributed by atoms with Gasteiger partial charge in [0.25, 0.3) is 9.05 Å². The topological polar surface area (TPSA) is 0 Å². The maximum atomic E-state index is 12.4. The van der Waals surface area contributed by atoms with Gasteiger partial charge in [0.05, 0.1) is 4.90 Å². The Morgan fingerprint density at radius 3 is 0.897 bits per heavy atom. The molecule has 0 saturated heterocycles. The number of hydrogen-bond donors (Lipinski definition) is 0. The zero-order chi connectivity index (χ0) is 23.5. The summed E-state index contributed by atoms with van der Waals surface area (Å²) in [5.41, 5.74) is 0. The van der Waals surface area contributed by atoms with Crippen molar-refractivity contribution in [2.24, 2.45) is 0 Å². The van der Waals surface area contributed by atoms with Crippen LogP contribution in [0.2, 0.25) is 0 Å². The van der Waals surface area contributed by atoms with Crippen LogP contribution in [0.3, 0.4) is 0 Å². The first-order valence-corrected chi connectivity index (χ1v) is 15.7. The summed E-state index contributed by atoms with van der Waals surface area (Å²) in [6.07, 6.45) is 0. The summed E-state index contributed by atoms with van der Waals surface area (Å²) < 4.78 is 149. The molecule has 0 amide bonds. The molecule has 0 bridgehead atoms. The number of rotatable bonds is 2. The predicted octanol–water partition coefficient (Wildman–Crippen LogP) is 10.3. The zero-order valence-corrected chi connectivity index (χ0v) is 18.6. The molecule has 0 unspecified atom stereocenters. The van der Waals surface area contributed by atoms with Gasteiger partial charge in [-0.2, -0.15) is 0 Å². The molecule has 0 aliphatic carbocycles. The fraction of sp³-hybridized carbons (Fsp3) is 0. The van der Waals surface area contributed by atoms with Gasteiger partial charge in [0.2, 0.25) is 0 Å². The van der Waals surface area contributed by atoms with Crippen LogP contribution in [0, 0.1) is 0 Å². The molecular formula is C12H10ClF13S2Sn. The van der Waals surface area contributed by atoms with Crippen LogP contribution in [0.4, 0.5) is 46.4 Å². The van der Waals surface area contributed by atoms with Crippen LogP contribution < -0.4 is 0 Å². The minimum absolute atomic E-state index is 0.363. The van der Waals surface area contributed by atoms with Crippen molar-refractivity contribution in [2.45, 2.75) is 9.79 Å². The molecule has 0 atom stereocenters. The van der Waals surface area contributed by atoms with Gasteiger partial charge in [0.1, 0.15) is 4.90 Å². The minimum atomic E-state index is -9.43. The molecule has 0 aromatic heterocycles. The molecule has 2 aromatic rings. The summed E-state index contributed by atoms with van der Waals surface area (Å²) in [5.74, 6) is 0. The molecule has 0 aliphatic rings. The molecule has 0 saturated carbocycles. The van der Waals surface area contributed by atoms with Gasteiger partial charge < -0.3 is 0 Å². The molecule has 0 N–H and O–H groups in total. The van der Waals surface area contributed by atoms with Crippen LogP contribution in [0.5, 0.6) is 0 Å². The van der Waals surface area contributed by atoms with Crippen LogP contribution in [-0.2, 0) is 0 Å². The van der Waals surface area contributed by atoms with Crippen LogP contribution in [-0.4, -0.2) is 20.7 Å². The van der Waals surface area contributed by atoms with E-state index in [2.05, 4.69) is 10.7 Å². The van der Waals surface area contributed by atoms with E-state index in [1.807, 2.05) is 0 Å². The van der Waals surface area contributed by atoms with Crippen molar-refractivity contribution in [1.29, 1.82) is 0 Å². The van der Waals surface area contributed by atoms with Gasteiger partial charge >= 0.3 is 42.4 Å². The Bertz CT molecular complexity index is 729. The Hall–Kier alpha value is -0.681. The van der Waals surface area contributed by atoms with Crippen LogP contribution in [0.15, 0.2) is 70.5 Å².